The van der Waals surface area contributed by atoms with E-state index in [1.54, 1.807) is 12.1 Å². The zero-order chi connectivity index (χ0) is 16.1. The fourth-order valence-electron chi connectivity index (χ4n) is 2.58. The summed E-state index contributed by atoms with van der Waals surface area (Å²) < 4.78 is 5.04. The van der Waals surface area contributed by atoms with Gasteiger partial charge in [0.2, 0.25) is 5.95 Å². The maximum absolute atomic E-state index is 11.7. The molecule has 1 amide bonds. The molecule has 0 saturated carbocycles. The van der Waals surface area contributed by atoms with E-state index in [0.717, 1.165) is 24.6 Å². The van der Waals surface area contributed by atoms with E-state index in [0.29, 0.717) is 24.8 Å². The molecule has 3 rings (SSSR count). The van der Waals surface area contributed by atoms with Gasteiger partial charge < -0.3 is 20.0 Å². The molecule has 7 heteroatoms. The molecule has 0 aliphatic carbocycles. The summed E-state index contributed by atoms with van der Waals surface area (Å²) in [5, 5.41) is 5.93. The Bertz CT molecular complexity index is 650. The van der Waals surface area contributed by atoms with Gasteiger partial charge in [-0.3, -0.25) is 4.79 Å². The highest BCUT2D eigenvalue weighted by atomic mass is 16.3. The van der Waals surface area contributed by atoms with Crippen LogP contribution in [0.1, 0.15) is 29.1 Å². The second kappa shape index (κ2) is 7.13. The zero-order valence-corrected chi connectivity index (χ0v) is 13.2. The smallest absolute Gasteiger partial charge is 0.287 e. The summed E-state index contributed by atoms with van der Waals surface area (Å²) in [6.07, 6.45) is 3.91. The van der Waals surface area contributed by atoms with Crippen LogP contribution < -0.4 is 15.5 Å². The molecule has 1 aliphatic rings. The fraction of sp³-hybridized carbons (Fsp3) is 0.438. The quantitative estimate of drug-likeness (QED) is 0.791. The molecule has 0 spiro atoms. The Morgan fingerprint density at radius 1 is 1.30 bits per heavy atom. The van der Waals surface area contributed by atoms with Crippen LogP contribution in [-0.4, -0.2) is 42.1 Å². The molecular formula is C16H21N5O2. The minimum absolute atomic E-state index is 0.222. The van der Waals surface area contributed by atoms with E-state index in [2.05, 4.69) is 25.5 Å². The van der Waals surface area contributed by atoms with E-state index in [4.69, 9.17) is 4.42 Å². The second-order valence-corrected chi connectivity index (χ2v) is 5.55. The van der Waals surface area contributed by atoms with Crippen molar-refractivity contribution in [3.8, 4) is 0 Å². The highest BCUT2D eigenvalue weighted by molar-refractivity contribution is 5.91. The normalized spacial score (nSPS) is 14.0. The van der Waals surface area contributed by atoms with Crippen molar-refractivity contribution in [3.05, 3.63) is 35.9 Å². The van der Waals surface area contributed by atoms with Gasteiger partial charge in [0, 0.05) is 37.9 Å². The summed E-state index contributed by atoms with van der Waals surface area (Å²) in [6, 6.07) is 5.33. The van der Waals surface area contributed by atoms with E-state index in [1.807, 2.05) is 13.0 Å². The lowest BCUT2D eigenvalue weighted by atomic mass is 10.4. The number of hydrogen-bond donors (Lipinski definition) is 2. The standard InChI is InChI=1S/C16H21N5O2/c1-12-11-14(21-8-2-3-9-21)20-16(19-12)18-7-6-17-15(22)13-5-4-10-23-13/h4-5,10-11H,2-3,6-9H2,1H3,(H,17,22)(H,18,19,20). The maximum atomic E-state index is 11.7. The summed E-state index contributed by atoms with van der Waals surface area (Å²) >= 11 is 0. The number of furan rings is 1. The highest BCUT2D eigenvalue weighted by Crippen LogP contribution is 2.19. The van der Waals surface area contributed by atoms with E-state index in [9.17, 15) is 4.79 Å². The van der Waals surface area contributed by atoms with Crippen molar-refractivity contribution in [1.82, 2.24) is 15.3 Å². The minimum atomic E-state index is -0.222. The van der Waals surface area contributed by atoms with E-state index in [1.165, 1.54) is 19.1 Å². The number of aromatic nitrogens is 2. The number of carbonyl (C=O) groups is 1. The molecule has 0 unspecified atom stereocenters. The topological polar surface area (TPSA) is 83.3 Å². The van der Waals surface area contributed by atoms with Crippen molar-refractivity contribution in [2.24, 2.45) is 0 Å². The van der Waals surface area contributed by atoms with Crippen LogP contribution in [0, 0.1) is 6.92 Å². The molecule has 23 heavy (non-hydrogen) atoms. The van der Waals surface area contributed by atoms with Gasteiger partial charge in [-0.25, -0.2) is 4.98 Å². The Kier molecular flexibility index (Phi) is 4.75. The van der Waals surface area contributed by atoms with E-state index < -0.39 is 0 Å². The van der Waals surface area contributed by atoms with Crippen LogP contribution in [0.3, 0.4) is 0 Å². The molecule has 1 aliphatic heterocycles. The van der Waals surface area contributed by atoms with Gasteiger partial charge in [0.15, 0.2) is 5.76 Å². The van der Waals surface area contributed by atoms with Gasteiger partial charge in [0.1, 0.15) is 5.82 Å². The number of amides is 1. The highest BCUT2D eigenvalue weighted by Gasteiger charge is 2.15. The van der Waals surface area contributed by atoms with Crippen molar-refractivity contribution >= 4 is 17.7 Å². The van der Waals surface area contributed by atoms with Gasteiger partial charge in [0.25, 0.3) is 5.91 Å². The average molecular weight is 315 g/mol. The first-order chi connectivity index (χ1) is 11.2. The molecule has 7 nitrogen and oxygen atoms in total. The summed E-state index contributed by atoms with van der Waals surface area (Å²) in [6.45, 7) is 5.08. The van der Waals surface area contributed by atoms with Crippen LogP contribution >= 0.6 is 0 Å². The van der Waals surface area contributed by atoms with Gasteiger partial charge in [-0.1, -0.05) is 0 Å². The van der Waals surface area contributed by atoms with Crippen molar-refractivity contribution < 1.29 is 9.21 Å². The van der Waals surface area contributed by atoms with Gasteiger partial charge >= 0.3 is 0 Å². The molecule has 3 heterocycles. The summed E-state index contributed by atoms with van der Waals surface area (Å²) in [5.41, 5.74) is 0.934. The molecule has 0 atom stereocenters. The van der Waals surface area contributed by atoms with E-state index >= 15 is 0 Å². The number of carbonyl (C=O) groups excluding carboxylic acids is 1. The number of aryl methyl sites for hydroxylation is 1. The molecule has 1 saturated heterocycles. The molecule has 2 aromatic rings. The third kappa shape index (κ3) is 4.00. The molecule has 0 radical (unpaired) electrons. The van der Waals surface area contributed by atoms with Crippen LogP contribution in [0.25, 0.3) is 0 Å². The Balaban J connectivity index is 1.51. The fourth-order valence-corrected chi connectivity index (χ4v) is 2.58. The van der Waals surface area contributed by atoms with Gasteiger partial charge in [-0.2, -0.15) is 4.98 Å². The Hall–Kier alpha value is -2.57. The number of anilines is 2. The zero-order valence-electron chi connectivity index (χ0n) is 13.2. The van der Waals surface area contributed by atoms with Crippen molar-refractivity contribution in [2.75, 3.05) is 36.4 Å². The number of nitrogens with zero attached hydrogens (tertiary/aromatic N) is 3. The lowest BCUT2D eigenvalue weighted by Gasteiger charge is -2.17. The molecule has 2 N–H and O–H groups in total. The molecule has 0 bridgehead atoms. The maximum Gasteiger partial charge on any atom is 0.287 e. The molecule has 0 aromatic carbocycles. The van der Waals surface area contributed by atoms with Crippen LogP contribution in [0.15, 0.2) is 28.9 Å². The Morgan fingerprint density at radius 2 is 2.13 bits per heavy atom. The van der Waals surface area contributed by atoms with Gasteiger partial charge in [-0.05, 0) is 31.9 Å². The first kappa shape index (κ1) is 15.3. The first-order valence-corrected chi connectivity index (χ1v) is 7.88. The van der Waals surface area contributed by atoms with Gasteiger partial charge in [0.05, 0.1) is 6.26 Å². The number of hydrogen-bond acceptors (Lipinski definition) is 6. The lowest BCUT2D eigenvalue weighted by molar-refractivity contribution is 0.0927. The number of rotatable bonds is 6. The van der Waals surface area contributed by atoms with Crippen molar-refractivity contribution in [1.29, 1.82) is 0 Å². The van der Waals surface area contributed by atoms with Crippen LogP contribution in [0.4, 0.5) is 11.8 Å². The van der Waals surface area contributed by atoms with Crippen molar-refractivity contribution in [2.45, 2.75) is 19.8 Å². The molecule has 1 fully saturated rings. The van der Waals surface area contributed by atoms with Gasteiger partial charge in [-0.15, -0.1) is 0 Å². The lowest BCUT2D eigenvalue weighted by Crippen LogP contribution is -2.29. The number of nitrogens with one attached hydrogen (secondary N) is 2. The molecule has 2 aromatic heterocycles. The second-order valence-electron chi connectivity index (χ2n) is 5.55. The predicted octanol–water partition coefficient (Wildman–Crippen LogP) is 1.82. The largest absolute Gasteiger partial charge is 0.459 e. The SMILES string of the molecule is Cc1cc(N2CCCC2)nc(NCCNC(=O)c2ccco2)n1. The molecule has 122 valence electrons. The van der Waals surface area contributed by atoms with Crippen LogP contribution in [0.5, 0.6) is 0 Å². The van der Waals surface area contributed by atoms with Crippen LogP contribution in [-0.2, 0) is 0 Å². The third-order valence-corrected chi connectivity index (χ3v) is 3.71. The monoisotopic (exact) mass is 315 g/mol. The average Bonchev–Trinajstić information content (AvgIpc) is 3.23. The minimum Gasteiger partial charge on any atom is -0.459 e. The summed E-state index contributed by atoms with van der Waals surface area (Å²) in [4.78, 5) is 23.0. The Labute approximate surface area is 135 Å². The Morgan fingerprint density at radius 3 is 2.87 bits per heavy atom. The van der Waals surface area contributed by atoms with Crippen molar-refractivity contribution in [3.63, 3.8) is 0 Å². The summed E-state index contributed by atoms with van der Waals surface area (Å²) in [7, 11) is 0. The van der Waals surface area contributed by atoms with E-state index in [-0.39, 0.29) is 5.91 Å². The summed E-state index contributed by atoms with van der Waals surface area (Å²) in [5.74, 6) is 1.66. The predicted molar refractivity (Wildman–Crippen MR) is 87.7 cm³/mol. The molecular weight excluding hydrogens is 294 g/mol. The van der Waals surface area contributed by atoms with Crippen LogP contribution in [0.2, 0.25) is 0 Å². The first-order valence-electron chi connectivity index (χ1n) is 7.88. The third-order valence-electron chi connectivity index (χ3n) is 3.71.